The van der Waals surface area contributed by atoms with Crippen LogP contribution in [0, 0.1) is 27.7 Å². The van der Waals surface area contributed by atoms with Gasteiger partial charge in [0.05, 0.1) is 0 Å². The van der Waals surface area contributed by atoms with E-state index in [1.165, 1.54) is 0 Å². The zero-order valence-electron chi connectivity index (χ0n) is 16.3. The van der Waals surface area contributed by atoms with E-state index in [4.69, 9.17) is 0 Å². The summed E-state index contributed by atoms with van der Waals surface area (Å²) in [6, 6.07) is 13.4. The van der Waals surface area contributed by atoms with Crippen molar-refractivity contribution in [1.82, 2.24) is 0 Å². The fourth-order valence-electron chi connectivity index (χ4n) is 3.62. The zero-order chi connectivity index (χ0) is 19.7. The monoisotopic (exact) mass is 362 g/mol. The summed E-state index contributed by atoms with van der Waals surface area (Å²) in [5.41, 5.74) is 7.46. The molecule has 3 aromatic rings. The molecule has 0 unspecified atom stereocenters. The third-order valence-corrected chi connectivity index (χ3v) is 5.01. The fraction of sp³-hybridized carbons (Fsp3) is 0.250. The van der Waals surface area contributed by atoms with E-state index >= 15 is 0 Å². The second kappa shape index (κ2) is 7.36. The Morgan fingerprint density at radius 3 is 1.81 bits per heavy atom. The van der Waals surface area contributed by atoms with E-state index in [9.17, 15) is 15.3 Å². The highest BCUT2D eigenvalue weighted by Gasteiger charge is 2.12. The molecule has 0 radical (unpaired) electrons. The van der Waals surface area contributed by atoms with Crippen molar-refractivity contribution in [3.63, 3.8) is 0 Å². The van der Waals surface area contributed by atoms with Crippen molar-refractivity contribution in [2.24, 2.45) is 0 Å². The normalized spacial score (nSPS) is 11.0. The lowest BCUT2D eigenvalue weighted by molar-refractivity contribution is 0.463. The molecule has 0 fully saturated rings. The number of aromatic hydroxyl groups is 3. The standard InChI is InChI=1S/C24H26O3/c1-14-7-16(3)23(26)20(8-14)12-19-10-17(4)24(27)21(13-19)11-18-5-6-22(25)15(2)9-18/h5-10,13,25-27H,11-12H2,1-4H3. The van der Waals surface area contributed by atoms with Gasteiger partial charge in [0, 0.05) is 12.8 Å². The Bertz CT molecular complexity index is 1000. The van der Waals surface area contributed by atoms with Gasteiger partial charge < -0.3 is 15.3 Å². The highest BCUT2D eigenvalue weighted by atomic mass is 16.3. The average molecular weight is 362 g/mol. The largest absolute Gasteiger partial charge is 0.508 e. The topological polar surface area (TPSA) is 60.7 Å². The average Bonchev–Trinajstić information content (AvgIpc) is 2.60. The van der Waals surface area contributed by atoms with Crippen LogP contribution in [0.25, 0.3) is 0 Å². The molecule has 0 aromatic heterocycles. The van der Waals surface area contributed by atoms with Gasteiger partial charge in [0.2, 0.25) is 0 Å². The number of phenols is 3. The molecule has 0 spiro atoms. The summed E-state index contributed by atoms with van der Waals surface area (Å²) in [6.45, 7) is 7.69. The summed E-state index contributed by atoms with van der Waals surface area (Å²) in [5, 5.41) is 30.6. The van der Waals surface area contributed by atoms with Crippen LogP contribution < -0.4 is 0 Å². The molecule has 3 nitrogen and oxygen atoms in total. The minimum atomic E-state index is 0.276. The second-order valence-electron chi connectivity index (χ2n) is 7.48. The third kappa shape index (κ3) is 4.08. The summed E-state index contributed by atoms with van der Waals surface area (Å²) in [7, 11) is 0. The van der Waals surface area contributed by atoms with E-state index in [1.807, 2.05) is 64.1 Å². The van der Waals surface area contributed by atoms with Crippen LogP contribution >= 0.6 is 0 Å². The lowest BCUT2D eigenvalue weighted by Crippen LogP contribution is -1.97. The third-order valence-electron chi connectivity index (χ3n) is 5.01. The first-order chi connectivity index (χ1) is 12.7. The smallest absolute Gasteiger partial charge is 0.122 e. The Labute approximate surface area is 160 Å². The summed E-state index contributed by atoms with van der Waals surface area (Å²) < 4.78 is 0. The SMILES string of the molecule is Cc1cc(C)c(O)c(Cc2cc(C)c(O)c(Cc3ccc(O)c(C)c3)c2)c1. The second-order valence-corrected chi connectivity index (χ2v) is 7.48. The van der Waals surface area contributed by atoms with Crippen molar-refractivity contribution >= 4 is 0 Å². The van der Waals surface area contributed by atoms with Crippen LogP contribution in [-0.4, -0.2) is 15.3 Å². The Balaban J connectivity index is 1.95. The van der Waals surface area contributed by atoms with E-state index in [1.54, 1.807) is 6.07 Å². The van der Waals surface area contributed by atoms with Crippen molar-refractivity contribution in [2.45, 2.75) is 40.5 Å². The number of phenolic OH excluding ortho intramolecular Hbond substituents is 3. The van der Waals surface area contributed by atoms with Crippen LogP contribution in [0.5, 0.6) is 17.2 Å². The van der Waals surface area contributed by atoms with Gasteiger partial charge in [-0.1, -0.05) is 42.0 Å². The Hall–Kier alpha value is -2.94. The minimum Gasteiger partial charge on any atom is -0.508 e. The molecule has 0 heterocycles. The van der Waals surface area contributed by atoms with E-state index in [0.29, 0.717) is 24.3 Å². The van der Waals surface area contributed by atoms with Gasteiger partial charge >= 0.3 is 0 Å². The molecule has 0 aliphatic heterocycles. The lowest BCUT2D eigenvalue weighted by atomic mass is 9.94. The fourth-order valence-corrected chi connectivity index (χ4v) is 3.62. The number of hydrogen-bond donors (Lipinski definition) is 3. The van der Waals surface area contributed by atoms with Crippen LogP contribution in [0.15, 0.2) is 42.5 Å². The highest BCUT2D eigenvalue weighted by Crippen LogP contribution is 2.31. The number of aryl methyl sites for hydroxylation is 4. The van der Waals surface area contributed by atoms with Gasteiger partial charge in [-0.25, -0.2) is 0 Å². The number of benzene rings is 3. The Morgan fingerprint density at radius 1 is 0.593 bits per heavy atom. The highest BCUT2D eigenvalue weighted by molar-refractivity contribution is 5.50. The maximum absolute atomic E-state index is 10.5. The van der Waals surface area contributed by atoms with Crippen molar-refractivity contribution < 1.29 is 15.3 Å². The summed E-state index contributed by atoms with van der Waals surface area (Å²) in [5.74, 6) is 0.911. The minimum absolute atomic E-state index is 0.276. The van der Waals surface area contributed by atoms with Crippen LogP contribution in [-0.2, 0) is 12.8 Å². The predicted molar refractivity (Wildman–Crippen MR) is 109 cm³/mol. The van der Waals surface area contributed by atoms with Gasteiger partial charge in [-0.2, -0.15) is 0 Å². The molecular weight excluding hydrogens is 336 g/mol. The summed E-state index contributed by atoms with van der Waals surface area (Å²) >= 11 is 0. The predicted octanol–water partition coefficient (Wildman–Crippen LogP) is 5.22. The quantitative estimate of drug-likeness (QED) is 0.596. The zero-order valence-corrected chi connectivity index (χ0v) is 16.3. The lowest BCUT2D eigenvalue weighted by Gasteiger charge is -2.14. The van der Waals surface area contributed by atoms with Gasteiger partial charge in [-0.15, -0.1) is 0 Å². The molecule has 0 bridgehead atoms. The van der Waals surface area contributed by atoms with Crippen molar-refractivity contribution in [3.05, 3.63) is 87.0 Å². The Kier molecular flexibility index (Phi) is 5.13. The van der Waals surface area contributed by atoms with E-state index in [-0.39, 0.29) is 5.75 Å². The summed E-state index contributed by atoms with van der Waals surface area (Å²) in [4.78, 5) is 0. The molecule has 140 valence electrons. The van der Waals surface area contributed by atoms with E-state index in [0.717, 1.165) is 44.5 Å². The Morgan fingerprint density at radius 2 is 1.15 bits per heavy atom. The first-order valence-corrected chi connectivity index (χ1v) is 9.13. The summed E-state index contributed by atoms with van der Waals surface area (Å²) in [6.07, 6.45) is 1.19. The van der Waals surface area contributed by atoms with Gasteiger partial charge in [0.25, 0.3) is 0 Å². The first kappa shape index (κ1) is 18.8. The molecule has 3 N–H and O–H groups in total. The van der Waals surface area contributed by atoms with Gasteiger partial charge in [-0.3, -0.25) is 0 Å². The molecule has 0 atom stereocenters. The van der Waals surface area contributed by atoms with Crippen LogP contribution in [0.3, 0.4) is 0 Å². The van der Waals surface area contributed by atoms with Gasteiger partial charge in [0.1, 0.15) is 17.2 Å². The van der Waals surface area contributed by atoms with Crippen molar-refractivity contribution in [3.8, 4) is 17.2 Å². The van der Waals surface area contributed by atoms with E-state index in [2.05, 4.69) is 0 Å². The first-order valence-electron chi connectivity index (χ1n) is 9.13. The molecule has 0 aliphatic rings. The molecule has 0 amide bonds. The maximum atomic E-state index is 10.5. The maximum Gasteiger partial charge on any atom is 0.122 e. The van der Waals surface area contributed by atoms with E-state index < -0.39 is 0 Å². The van der Waals surface area contributed by atoms with Crippen molar-refractivity contribution in [1.29, 1.82) is 0 Å². The molecule has 27 heavy (non-hydrogen) atoms. The number of hydrogen-bond acceptors (Lipinski definition) is 3. The molecule has 3 heteroatoms. The molecule has 3 aromatic carbocycles. The van der Waals surface area contributed by atoms with Gasteiger partial charge in [0.15, 0.2) is 0 Å². The molecule has 3 rings (SSSR count). The van der Waals surface area contributed by atoms with Gasteiger partial charge in [-0.05, 0) is 72.7 Å². The molecular formula is C24H26O3. The van der Waals surface area contributed by atoms with Crippen molar-refractivity contribution in [2.75, 3.05) is 0 Å². The number of rotatable bonds is 4. The molecule has 0 aliphatic carbocycles. The van der Waals surface area contributed by atoms with Crippen LogP contribution in [0.1, 0.15) is 44.5 Å². The van der Waals surface area contributed by atoms with Crippen LogP contribution in [0.4, 0.5) is 0 Å². The molecule has 0 saturated heterocycles. The van der Waals surface area contributed by atoms with Crippen LogP contribution in [0.2, 0.25) is 0 Å². The molecule has 0 saturated carbocycles.